The quantitative estimate of drug-likeness (QED) is 0.585. The minimum atomic E-state index is -0.146. The van der Waals surface area contributed by atoms with Gasteiger partial charge < -0.3 is 19.9 Å². The van der Waals surface area contributed by atoms with Crippen molar-refractivity contribution in [1.82, 2.24) is 10.2 Å². The van der Waals surface area contributed by atoms with Crippen molar-refractivity contribution in [2.45, 2.75) is 19.2 Å². The van der Waals surface area contributed by atoms with Crippen molar-refractivity contribution in [2.24, 2.45) is 0 Å². The standard InChI is InChI=1S/C25H26N2O4/c1-30-24-13-19(11-12-22(24)28)15-27-16-20(17-27)31-23-10-6-5-9-21(23)25(29)26-14-18-7-3-2-4-8-18/h2-13,20,28H,14-17H2,1H3,(H,26,29). The molecule has 3 aromatic rings. The minimum absolute atomic E-state index is 0.0297. The fourth-order valence-corrected chi connectivity index (χ4v) is 3.61. The molecule has 6 heteroatoms. The van der Waals surface area contributed by atoms with Gasteiger partial charge in [0.15, 0.2) is 11.5 Å². The number of carbonyl (C=O) groups excluding carboxylic acids is 1. The molecule has 0 aliphatic carbocycles. The normalized spacial score (nSPS) is 14.0. The van der Waals surface area contributed by atoms with Gasteiger partial charge >= 0.3 is 0 Å². The van der Waals surface area contributed by atoms with Crippen LogP contribution in [0.25, 0.3) is 0 Å². The molecule has 0 spiro atoms. The van der Waals surface area contributed by atoms with Gasteiger partial charge in [0, 0.05) is 26.2 Å². The van der Waals surface area contributed by atoms with Gasteiger partial charge in [0.2, 0.25) is 0 Å². The summed E-state index contributed by atoms with van der Waals surface area (Å²) in [6.45, 7) is 2.75. The zero-order chi connectivity index (χ0) is 21.6. The number of phenolic OH excluding ortho intramolecular Hbond substituents is 1. The lowest BCUT2D eigenvalue weighted by Gasteiger charge is -2.39. The number of hydrogen-bond acceptors (Lipinski definition) is 5. The first-order valence-electron chi connectivity index (χ1n) is 10.3. The number of nitrogens with one attached hydrogen (secondary N) is 1. The fourth-order valence-electron chi connectivity index (χ4n) is 3.61. The highest BCUT2D eigenvalue weighted by molar-refractivity contribution is 5.96. The number of aromatic hydroxyl groups is 1. The van der Waals surface area contributed by atoms with Crippen LogP contribution in [0.4, 0.5) is 0 Å². The molecule has 3 aromatic carbocycles. The number of ether oxygens (including phenoxy) is 2. The summed E-state index contributed by atoms with van der Waals surface area (Å²) in [5, 5.41) is 12.7. The predicted octanol–water partition coefficient (Wildman–Crippen LogP) is 3.59. The number of hydrogen-bond donors (Lipinski definition) is 2. The van der Waals surface area contributed by atoms with Gasteiger partial charge in [-0.05, 0) is 35.4 Å². The monoisotopic (exact) mass is 418 g/mol. The maximum absolute atomic E-state index is 12.7. The lowest BCUT2D eigenvalue weighted by Crippen LogP contribution is -2.53. The third kappa shape index (κ3) is 5.16. The number of nitrogens with zero attached hydrogens (tertiary/aromatic N) is 1. The van der Waals surface area contributed by atoms with Gasteiger partial charge in [-0.15, -0.1) is 0 Å². The van der Waals surface area contributed by atoms with E-state index in [-0.39, 0.29) is 17.8 Å². The van der Waals surface area contributed by atoms with Gasteiger partial charge in [0.1, 0.15) is 11.9 Å². The Morgan fingerprint density at radius 1 is 1.00 bits per heavy atom. The fraction of sp³-hybridized carbons (Fsp3) is 0.240. The van der Waals surface area contributed by atoms with Gasteiger partial charge in [-0.25, -0.2) is 0 Å². The van der Waals surface area contributed by atoms with Gasteiger partial charge in [0.05, 0.1) is 12.7 Å². The largest absolute Gasteiger partial charge is 0.504 e. The molecule has 1 aliphatic rings. The van der Waals surface area contributed by atoms with E-state index in [1.54, 1.807) is 19.2 Å². The summed E-state index contributed by atoms with van der Waals surface area (Å²) in [4.78, 5) is 14.9. The number of benzene rings is 3. The van der Waals surface area contributed by atoms with Crippen LogP contribution in [0.1, 0.15) is 21.5 Å². The van der Waals surface area contributed by atoms with Crippen molar-refractivity contribution < 1.29 is 19.4 Å². The molecule has 1 amide bonds. The summed E-state index contributed by atoms with van der Waals surface area (Å²) < 4.78 is 11.3. The maximum Gasteiger partial charge on any atom is 0.255 e. The zero-order valence-corrected chi connectivity index (χ0v) is 17.5. The third-order valence-electron chi connectivity index (χ3n) is 5.30. The molecule has 0 atom stereocenters. The van der Waals surface area contributed by atoms with Crippen LogP contribution in [-0.2, 0) is 13.1 Å². The first-order chi connectivity index (χ1) is 15.1. The molecule has 0 unspecified atom stereocenters. The number of methoxy groups -OCH3 is 1. The molecule has 0 bridgehead atoms. The Morgan fingerprint density at radius 2 is 1.74 bits per heavy atom. The first-order valence-corrected chi connectivity index (χ1v) is 10.3. The van der Waals surface area contributed by atoms with Crippen LogP contribution >= 0.6 is 0 Å². The van der Waals surface area contributed by atoms with Gasteiger partial charge in [-0.1, -0.05) is 48.5 Å². The van der Waals surface area contributed by atoms with Crippen molar-refractivity contribution in [2.75, 3.05) is 20.2 Å². The zero-order valence-electron chi connectivity index (χ0n) is 17.5. The van der Waals surface area contributed by atoms with Crippen molar-refractivity contribution in [1.29, 1.82) is 0 Å². The Labute approximate surface area is 182 Å². The lowest BCUT2D eigenvalue weighted by atomic mass is 10.1. The number of amides is 1. The predicted molar refractivity (Wildman–Crippen MR) is 118 cm³/mol. The van der Waals surface area contributed by atoms with Crippen LogP contribution in [0.3, 0.4) is 0 Å². The van der Waals surface area contributed by atoms with Crippen molar-refractivity contribution in [3.63, 3.8) is 0 Å². The lowest BCUT2D eigenvalue weighted by molar-refractivity contribution is 0.0140. The number of carbonyl (C=O) groups is 1. The molecule has 1 aliphatic heterocycles. The molecule has 4 rings (SSSR count). The molecule has 160 valence electrons. The molecule has 6 nitrogen and oxygen atoms in total. The van der Waals surface area contributed by atoms with E-state index in [0.717, 1.165) is 30.8 Å². The van der Waals surface area contributed by atoms with E-state index in [9.17, 15) is 9.90 Å². The van der Waals surface area contributed by atoms with Crippen LogP contribution < -0.4 is 14.8 Å². The Kier molecular flexibility index (Phi) is 6.38. The van der Waals surface area contributed by atoms with E-state index in [1.807, 2.05) is 60.7 Å². The van der Waals surface area contributed by atoms with Gasteiger partial charge in [-0.3, -0.25) is 9.69 Å². The van der Waals surface area contributed by atoms with Crippen molar-refractivity contribution >= 4 is 5.91 Å². The summed E-state index contributed by atoms with van der Waals surface area (Å²) >= 11 is 0. The van der Waals surface area contributed by atoms with Gasteiger partial charge in [0.25, 0.3) is 5.91 Å². The molecule has 31 heavy (non-hydrogen) atoms. The Bertz CT molecular complexity index is 1030. The Hall–Kier alpha value is -3.51. The summed E-state index contributed by atoms with van der Waals surface area (Å²) in [6, 6.07) is 22.5. The van der Waals surface area contributed by atoms with Gasteiger partial charge in [-0.2, -0.15) is 0 Å². The van der Waals surface area contributed by atoms with Crippen LogP contribution in [0.5, 0.6) is 17.2 Å². The third-order valence-corrected chi connectivity index (χ3v) is 5.30. The highest BCUT2D eigenvalue weighted by Gasteiger charge is 2.29. The molecule has 0 saturated carbocycles. The summed E-state index contributed by atoms with van der Waals surface area (Å²) in [7, 11) is 1.54. The molecular weight excluding hydrogens is 392 g/mol. The van der Waals surface area contributed by atoms with Crippen molar-refractivity contribution in [3.8, 4) is 17.2 Å². The number of likely N-dealkylation sites (tertiary alicyclic amines) is 1. The first kappa shape index (κ1) is 20.8. The average molecular weight is 418 g/mol. The van der Waals surface area contributed by atoms with Crippen LogP contribution in [0.2, 0.25) is 0 Å². The molecule has 0 aromatic heterocycles. The Balaban J connectivity index is 1.31. The summed E-state index contributed by atoms with van der Waals surface area (Å²) in [5.74, 6) is 1.07. The highest BCUT2D eigenvalue weighted by atomic mass is 16.5. The van der Waals surface area contributed by atoms with Crippen LogP contribution in [0.15, 0.2) is 72.8 Å². The van der Waals surface area contributed by atoms with E-state index in [4.69, 9.17) is 9.47 Å². The average Bonchev–Trinajstić information content (AvgIpc) is 2.78. The maximum atomic E-state index is 12.7. The Morgan fingerprint density at radius 3 is 2.52 bits per heavy atom. The summed E-state index contributed by atoms with van der Waals surface area (Å²) in [5.41, 5.74) is 2.66. The molecule has 1 heterocycles. The van der Waals surface area contributed by atoms with E-state index in [0.29, 0.717) is 23.6 Å². The second kappa shape index (κ2) is 9.53. The molecule has 0 radical (unpaired) electrons. The number of phenols is 1. The highest BCUT2D eigenvalue weighted by Crippen LogP contribution is 2.28. The van der Waals surface area contributed by atoms with E-state index < -0.39 is 0 Å². The summed E-state index contributed by atoms with van der Waals surface area (Å²) in [6.07, 6.45) is 0.0297. The van der Waals surface area contributed by atoms with Crippen molar-refractivity contribution in [3.05, 3.63) is 89.5 Å². The molecule has 1 fully saturated rings. The van der Waals surface area contributed by atoms with E-state index >= 15 is 0 Å². The second-order valence-corrected chi connectivity index (χ2v) is 7.60. The molecule has 1 saturated heterocycles. The van der Waals surface area contributed by atoms with E-state index in [2.05, 4.69) is 10.2 Å². The second-order valence-electron chi connectivity index (χ2n) is 7.60. The van der Waals surface area contributed by atoms with Crippen LogP contribution in [0, 0.1) is 0 Å². The number of para-hydroxylation sites is 1. The number of rotatable bonds is 8. The minimum Gasteiger partial charge on any atom is -0.504 e. The molecular formula is C25H26N2O4. The SMILES string of the molecule is COc1cc(CN2CC(Oc3ccccc3C(=O)NCc3ccccc3)C2)ccc1O. The van der Waals surface area contributed by atoms with E-state index in [1.165, 1.54) is 0 Å². The molecule has 2 N–H and O–H groups in total. The topological polar surface area (TPSA) is 71.0 Å². The van der Waals surface area contributed by atoms with Crippen LogP contribution in [-0.4, -0.2) is 42.2 Å². The smallest absolute Gasteiger partial charge is 0.255 e.